The molecule has 0 radical (unpaired) electrons. The van der Waals surface area contributed by atoms with Crippen LogP contribution in [0.5, 0.6) is 0 Å². The first-order chi connectivity index (χ1) is 14.5. The van der Waals surface area contributed by atoms with Crippen LogP contribution in [0.1, 0.15) is 99.3 Å². The highest BCUT2D eigenvalue weighted by atomic mass is 19.1. The van der Waals surface area contributed by atoms with E-state index in [0.717, 1.165) is 55.6 Å². The van der Waals surface area contributed by atoms with Gasteiger partial charge in [-0.25, -0.2) is 4.39 Å². The van der Waals surface area contributed by atoms with Crippen molar-refractivity contribution < 1.29 is 4.39 Å². The smallest absolute Gasteiger partial charge is 0.128 e. The van der Waals surface area contributed by atoms with Gasteiger partial charge in [-0.1, -0.05) is 54.4 Å². The number of alkyl halides is 1. The molecule has 5 unspecified atom stereocenters. The molecule has 4 aliphatic rings. The van der Waals surface area contributed by atoms with Crippen molar-refractivity contribution in [2.24, 2.45) is 34.5 Å². The molecule has 2 aliphatic heterocycles. The first kappa shape index (κ1) is 24.0. The summed E-state index contributed by atoms with van der Waals surface area (Å²) >= 11 is 0. The van der Waals surface area contributed by atoms with Crippen LogP contribution >= 0.6 is 0 Å². The quantitative estimate of drug-likeness (QED) is 0.470. The van der Waals surface area contributed by atoms with E-state index in [-0.39, 0.29) is 5.41 Å². The van der Waals surface area contributed by atoms with E-state index in [1.165, 1.54) is 58.0 Å². The maximum absolute atomic E-state index is 15.6. The van der Waals surface area contributed by atoms with Gasteiger partial charge < -0.3 is 4.90 Å². The van der Waals surface area contributed by atoms with Crippen LogP contribution in [0, 0.1) is 34.5 Å². The molecule has 2 aliphatic carbocycles. The van der Waals surface area contributed by atoms with Gasteiger partial charge in [0.05, 0.1) is 0 Å². The second-order valence-corrected chi connectivity index (χ2v) is 14.0. The maximum Gasteiger partial charge on any atom is 0.128 e. The first-order valence-corrected chi connectivity index (χ1v) is 13.6. The van der Waals surface area contributed by atoms with Gasteiger partial charge in [0, 0.05) is 25.7 Å². The molecule has 4 fully saturated rings. The number of nitrogens with zero attached hydrogens (tertiary/aromatic N) is 2. The number of likely N-dealkylation sites (tertiary alicyclic amines) is 2. The Labute approximate surface area is 192 Å². The van der Waals surface area contributed by atoms with Gasteiger partial charge >= 0.3 is 0 Å². The fourth-order valence-corrected chi connectivity index (χ4v) is 7.30. The van der Waals surface area contributed by atoms with E-state index in [0.29, 0.717) is 12.0 Å². The summed E-state index contributed by atoms with van der Waals surface area (Å²) in [5.41, 5.74) is -0.860. The SMILES string of the molecule is CC(C)(C)C1CN(C2CCCC2)CCC1CC1CC1CN1CCCC(F)(C(C)(C)C)C1. The van der Waals surface area contributed by atoms with Crippen LogP contribution in [0.15, 0.2) is 0 Å². The second-order valence-electron chi connectivity index (χ2n) is 14.0. The summed E-state index contributed by atoms with van der Waals surface area (Å²) in [6.45, 7) is 19.3. The molecule has 0 amide bonds. The average molecular weight is 435 g/mol. The zero-order valence-corrected chi connectivity index (χ0v) is 21.6. The molecule has 2 heterocycles. The minimum atomic E-state index is -1.01. The van der Waals surface area contributed by atoms with Crippen LogP contribution in [0.25, 0.3) is 0 Å². The predicted molar refractivity (Wildman–Crippen MR) is 130 cm³/mol. The summed E-state index contributed by atoms with van der Waals surface area (Å²) in [5.74, 6) is 3.45. The van der Waals surface area contributed by atoms with E-state index < -0.39 is 5.67 Å². The highest BCUT2D eigenvalue weighted by Gasteiger charge is 2.48. The summed E-state index contributed by atoms with van der Waals surface area (Å²) in [5, 5.41) is 0. The molecule has 0 aromatic carbocycles. The van der Waals surface area contributed by atoms with Gasteiger partial charge in [0.1, 0.15) is 5.67 Å². The van der Waals surface area contributed by atoms with Gasteiger partial charge in [0.2, 0.25) is 0 Å². The Kier molecular flexibility index (Phi) is 6.88. The van der Waals surface area contributed by atoms with Crippen molar-refractivity contribution >= 4 is 0 Å². The van der Waals surface area contributed by atoms with Crippen LogP contribution in [-0.4, -0.2) is 54.2 Å². The van der Waals surface area contributed by atoms with Crippen molar-refractivity contribution in [2.45, 2.75) is 111 Å². The summed E-state index contributed by atoms with van der Waals surface area (Å²) in [7, 11) is 0. The van der Waals surface area contributed by atoms with Crippen molar-refractivity contribution in [3.8, 4) is 0 Å². The molecule has 0 bridgehead atoms. The van der Waals surface area contributed by atoms with E-state index in [1.807, 2.05) is 0 Å². The lowest BCUT2D eigenvalue weighted by Gasteiger charge is -2.47. The van der Waals surface area contributed by atoms with Gasteiger partial charge in [0.25, 0.3) is 0 Å². The summed E-state index contributed by atoms with van der Waals surface area (Å²) in [6.07, 6.45) is 11.8. The molecule has 31 heavy (non-hydrogen) atoms. The van der Waals surface area contributed by atoms with E-state index in [4.69, 9.17) is 0 Å². The Morgan fingerprint density at radius 1 is 0.871 bits per heavy atom. The third kappa shape index (κ3) is 5.51. The molecule has 5 atom stereocenters. The summed E-state index contributed by atoms with van der Waals surface area (Å²) in [6, 6.07) is 0.877. The van der Waals surface area contributed by atoms with Gasteiger partial charge in [-0.3, -0.25) is 4.90 Å². The standard InChI is InChI=1S/C28H51FN2/c1-26(2,3)25-19-31(24-10-7-8-11-24)15-12-21(25)16-22-17-23(22)18-30-14-9-13-28(29,20-30)27(4,5)6/h21-25H,7-20H2,1-6H3. The van der Waals surface area contributed by atoms with E-state index in [2.05, 4.69) is 51.3 Å². The Hall–Kier alpha value is -0.150. The zero-order chi connectivity index (χ0) is 22.4. The fourth-order valence-electron chi connectivity index (χ4n) is 7.30. The molecular formula is C28H51FN2. The van der Waals surface area contributed by atoms with Crippen LogP contribution in [-0.2, 0) is 0 Å². The van der Waals surface area contributed by atoms with Crippen molar-refractivity contribution in [2.75, 3.05) is 32.7 Å². The molecular weight excluding hydrogens is 383 g/mol. The normalized spacial score (nSPS) is 39.2. The van der Waals surface area contributed by atoms with Crippen molar-refractivity contribution in [3.05, 3.63) is 0 Å². The third-order valence-corrected chi connectivity index (χ3v) is 9.77. The third-order valence-electron chi connectivity index (χ3n) is 9.77. The number of hydrogen-bond acceptors (Lipinski definition) is 2. The average Bonchev–Trinajstić information content (AvgIpc) is 3.15. The number of rotatable bonds is 5. The van der Waals surface area contributed by atoms with Crippen molar-refractivity contribution in [1.82, 2.24) is 9.80 Å². The minimum Gasteiger partial charge on any atom is -0.300 e. The molecule has 0 spiro atoms. The predicted octanol–water partition coefficient (Wildman–Crippen LogP) is 6.79. The fraction of sp³-hybridized carbons (Fsp3) is 1.00. The first-order valence-electron chi connectivity index (χ1n) is 13.6. The minimum absolute atomic E-state index is 0.248. The Morgan fingerprint density at radius 2 is 1.58 bits per heavy atom. The highest BCUT2D eigenvalue weighted by molar-refractivity contribution is 5.00. The molecule has 4 rings (SSSR count). The molecule has 0 aromatic rings. The number of hydrogen-bond donors (Lipinski definition) is 0. The lowest BCUT2D eigenvalue weighted by molar-refractivity contribution is -0.0402. The van der Waals surface area contributed by atoms with E-state index in [9.17, 15) is 0 Å². The Bertz CT molecular complexity index is 599. The largest absolute Gasteiger partial charge is 0.300 e. The molecule has 2 saturated heterocycles. The molecule has 2 nitrogen and oxygen atoms in total. The van der Waals surface area contributed by atoms with Crippen LogP contribution in [0.2, 0.25) is 0 Å². The van der Waals surface area contributed by atoms with E-state index >= 15 is 4.39 Å². The van der Waals surface area contributed by atoms with Crippen LogP contribution in [0.3, 0.4) is 0 Å². The molecule has 180 valence electrons. The summed E-state index contributed by atoms with van der Waals surface area (Å²) < 4.78 is 15.6. The van der Waals surface area contributed by atoms with Gasteiger partial charge in [-0.2, -0.15) is 0 Å². The number of piperidine rings is 2. The van der Waals surface area contributed by atoms with Gasteiger partial charge in [0.15, 0.2) is 0 Å². The van der Waals surface area contributed by atoms with Gasteiger partial charge in [-0.05, 0) is 92.5 Å². The lowest BCUT2D eigenvalue weighted by atomic mass is 9.68. The maximum atomic E-state index is 15.6. The Balaban J connectivity index is 1.29. The van der Waals surface area contributed by atoms with E-state index in [1.54, 1.807) is 0 Å². The second kappa shape index (κ2) is 8.90. The van der Waals surface area contributed by atoms with Crippen molar-refractivity contribution in [1.29, 1.82) is 0 Å². The van der Waals surface area contributed by atoms with Crippen LogP contribution in [0.4, 0.5) is 4.39 Å². The monoisotopic (exact) mass is 434 g/mol. The molecule has 3 heteroatoms. The summed E-state index contributed by atoms with van der Waals surface area (Å²) in [4.78, 5) is 5.34. The lowest BCUT2D eigenvalue weighted by Crippen LogP contribution is -2.52. The van der Waals surface area contributed by atoms with Crippen molar-refractivity contribution in [3.63, 3.8) is 0 Å². The molecule has 2 saturated carbocycles. The highest BCUT2D eigenvalue weighted by Crippen LogP contribution is 2.50. The topological polar surface area (TPSA) is 6.48 Å². The van der Waals surface area contributed by atoms with Crippen LogP contribution < -0.4 is 0 Å². The molecule has 0 N–H and O–H groups in total. The zero-order valence-electron chi connectivity index (χ0n) is 21.6. The van der Waals surface area contributed by atoms with Gasteiger partial charge in [-0.15, -0.1) is 0 Å². The Morgan fingerprint density at radius 3 is 2.23 bits per heavy atom. The molecule has 0 aromatic heterocycles. The number of halogens is 1.